The highest BCUT2D eigenvalue weighted by Gasteiger charge is 2.45. The van der Waals surface area contributed by atoms with E-state index >= 15 is 0 Å². The quantitative estimate of drug-likeness (QED) is 0.165. The first-order chi connectivity index (χ1) is 24.0. The van der Waals surface area contributed by atoms with Crippen LogP contribution >= 0.6 is 0 Å². The molecule has 4 heterocycles. The molecule has 1 fully saturated rings. The Bertz CT molecular complexity index is 2210. The molecule has 4 aromatic heterocycles. The Morgan fingerprint density at radius 3 is 1.76 bits per heavy atom. The van der Waals surface area contributed by atoms with E-state index in [-0.39, 0.29) is 11.3 Å². The van der Waals surface area contributed by atoms with Crippen molar-refractivity contribution in [3.63, 3.8) is 0 Å². The highest BCUT2D eigenvalue weighted by atomic mass is 19.4. The summed E-state index contributed by atoms with van der Waals surface area (Å²) in [4.78, 5) is 15.1. The van der Waals surface area contributed by atoms with E-state index in [0.29, 0.717) is 34.9 Å². The Balaban J connectivity index is 0.000000190. The number of rotatable bonds is 5. The predicted octanol–water partition coefficient (Wildman–Crippen LogP) is 9.53. The van der Waals surface area contributed by atoms with Gasteiger partial charge in [0.05, 0.1) is 36.6 Å². The Morgan fingerprint density at radius 2 is 1.25 bits per heavy atom. The molecule has 1 aliphatic rings. The number of imidazole rings is 2. The van der Waals surface area contributed by atoms with E-state index < -0.39 is 40.9 Å². The van der Waals surface area contributed by atoms with Crippen molar-refractivity contribution < 1.29 is 39.9 Å². The van der Waals surface area contributed by atoms with E-state index in [1.54, 1.807) is 12.1 Å². The lowest BCUT2D eigenvalue weighted by molar-refractivity contribution is -0.145. The molecule has 0 saturated heterocycles. The molecule has 1 saturated carbocycles. The minimum absolute atomic E-state index is 0.109. The SMILES string of the molecule is CC.CC(F)(F)c1ncc2ncc(-c3ccc(C(F)(F)F)cc3)cn12.COc1cc(C2(C#N)CC2)ccc1-c1cnc2cnc(C(F)(F)F)n2c1. The lowest BCUT2D eigenvalue weighted by Gasteiger charge is -2.13. The first-order valence-electron chi connectivity index (χ1n) is 15.4. The van der Waals surface area contributed by atoms with Crippen LogP contribution in [0.3, 0.4) is 0 Å². The molecule has 0 N–H and O–H groups in total. The van der Waals surface area contributed by atoms with Gasteiger partial charge in [0.1, 0.15) is 5.75 Å². The number of hydrogen-bond acceptors (Lipinski definition) is 6. The lowest BCUT2D eigenvalue weighted by atomic mass is 9.95. The van der Waals surface area contributed by atoms with E-state index in [1.807, 2.05) is 19.9 Å². The second-order valence-electron chi connectivity index (χ2n) is 11.4. The van der Waals surface area contributed by atoms with Crippen molar-refractivity contribution in [2.24, 2.45) is 0 Å². The maximum atomic E-state index is 13.5. The molecule has 0 aliphatic heterocycles. The number of fused-ring (bicyclic) bond motifs is 2. The fraction of sp³-hybridized carbons (Fsp3) is 0.286. The summed E-state index contributed by atoms with van der Waals surface area (Å²) in [5.41, 5.74) is 1.86. The van der Waals surface area contributed by atoms with Crippen molar-refractivity contribution in [3.05, 3.63) is 102 Å². The second kappa shape index (κ2) is 13.6. The number of aromatic nitrogens is 6. The van der Waals surface area contributed by atoms with Gasteiger partial charge in [-0.15, -0.1) is 0 Å². The van der Waals surface area contributed by atoms with Crippen LogP contribution in [0.25, 0.3) is 33.5 Å². The van der Waals surface area contributed by atoms with Crippen LogP contribution in [0.1, 0.15) is 56.4 Å². The molecular formula is C35H29F8N7O. The van der Waals surface area contributed by atoms with Crippen molar-refractivity contribution in [2.75, 3.05) is 7.11 Å². The number of hydrogen-bond donors (Lipinski definition) is 0. The summed E-state index contributed by atoms with van der Waals surface area (Å²) in [6, 6.07) is 12.1. The molecule has 2 aromatic carbocycles. The number of nitriles is 1. The third-order valence-corrected chi connectivity index (χ3v) is 7.98. The molecule has 266 valence electrons. The maximum absolute atomic E-state index is 13.5. The predicted molar refractivity (Wildman–Crippen MR) is 171 cm³/mol. The molecule has 51 heavy (non-hydrogen) atoms. The summed E-state index contributed by atoms with van der Waals surface area (Å²) < 4.78 is 111. The van der Waals surface area contributed by atoms with Crippen molar-refractivity contribution in [1.29, 1.82) is 5.26 Å². The molecule has 0 bridgehead atoms. The minimum atomic E-state index is -4.58. The van der Waals surface area contributed by atoms with Gasteiger partial charge in [0, 0.05) is 48.4 Å². The Morgan fingerprint density at radius 1 is 0.706 bits per heavy atom. The molecule has 0 atom stereocenters. The summed E-state index contributed by atoms with van der Waals surface area (Å²) in [7, 11) is 1.48. The number of nitrogens with zero attached hydrogens (tertiary/aromatic N) is 7. The second-order valence-corrected chi connectivity index (χ2v) is 11.4. The standard InChI is InChI=1S/C18H13F3N4O.C15H10F5N3.C2H6/c1-26-14-6-12(17(10-22)4-5-17)2-3-13(14)11-7-23-15-8-24-16(18(19,20)21)25(15)9-11;1-14(16,17)13-22-7-12-21-6-10(8-23(12)13)9-2-4-11(5-3-9)15(18,19)20;1-2/h2-3,6-9H,4-5H2,1H3;2-8H,1H3;1-2H3. The minimum Gasteiger partial charge on any atom is -0.496 e. The van der Waals surface area contributed by atoms with Crippen LogP contribution in [0.2, 0.25) is 0 Å². The maximum Gasteiger partial charge on any atom is 0.450 e. The van der Waals surface area contributed by atoms with Crippen LogP contribution in [-0.4, -0.2) is 35.8 Å². The zero-order valence-electron chi connectivity index (χ0n) is 27.5. The van der Waals surface area contributed by atoms with Gasteiger partial charge < -0.3 is 4.74 Å². The molecule has 6 aromatic rings. The average Bonchev–Trinajstić information content (AvgIpc) is 3.57. The third-order valence-electron chi connectivity index (χ3n) is 7.98. The topological polar surface area (TPSA) is 93.4 Å². The zero-order valence-corrected chi connectivity index (χ0v) is 27.5. The van der Waals surface area contributed by atoms with Gasteiger partial charge in [-0.2, -0.15) is 40.4 Å². The van der Waals surface area contributed by atoms with E-state index in [9.17, 15) is 40.4 Å². The summed E-state index contributed by atoms with van der Waals surface area (Å²) >= 11 is 0. The molecular weight excluding hydrogens is 686 g/mol. The highest BCUT2D eigenvalue weighted by molar-refractivity contribution is 5.71. The van der Waals surface area contributed by atoms with Gasteiger partial charge in [0.25, 0.3) is 0 Å². The molecule has 0 radical (unpaired) electrons. The van der Waals surface area contributed by atoms with E-state index in [0.717, 1.165) is 45.5 Å². The van der Waals surface area contributed by atoms with Gasteiger partial charge in [-0.05, 0) is 42.2 Å². The van der Waals surface area contributed by atoms with Crippen molar-refractivity contribution >= 4 is 11.3 Å². The number of alkyl halides is 8. The fourth-order valence-corrected chi connectivity index (χ4v) is 5.26. The largest absolute Gasteiger partial charge is 0.496 e. The molecule has 0 spiro atoms. The van der Waals surface area contributed by atoms with Crippen LogP contribution < -0.4 is 4.74 Å². The molecule has 7 rings (SSSR count). The van der Waals surface area contributed by atoms with Crippen LogP contribution in [0.4, 0.5) is 35.1 Å². The molecule has 0 amide bonds. The van der Waals surface area contributed by atoms with Crippen LogP contribution in [0.15, 0.2) is 79.6 Å². The van der Waals surface area contributed by atoms with Crippen LogP contribution in [0.5, 0.6) is 5.75 Å². The van der Waals surface area contributed by atoms with Crippen molar-refractivity contribution in [3.8, 4) is 34.1 Å². The molecule has 0 unspecified atom stereocenters. The van der Waals surface area contributed by atoms with Gasteiger partial charge in [-0.25, -0.2) is 19.9 Å². The first-order valence-corrected chi connectivity index (χ1v) is 15.4. The zero-order chi connectivity index (χ0) is 37.4. The van der Waals surface area contributed by atoms with Crippen molar-refractivity contribution in [1.82, 2.24) is 28.7 Å². The summed E-state index contributed by atoms with van der Waals surface area (Å²) in [6.07, 6.45) is 0.474. The Kier molecular flexibility index (Phi) is 9.79. The molecule has 16 heteroatoms. The third kappa shape index (κ3) is 7.47. The van der Waals surface area contributed by atoms with Crippen LogP contribution in [0, 0.1) is 11.3 Å². The summed E-state index contributed by atoms with van der Waals surface area (Å²) in [5.74, 6) is -4.18. The average molecular weight is 716 g/mol. The highest BCUT2D eigenvalue weighted by Crippen LogP contribution is 2.49. The lowest BCUT2D eigenvalue weighted by Crippen LogP contribution is -2.12. The van der Waals surface area contributed by atoms with Gasteiger partial charge in [-0.3, -0.25) is 8.80 Å². The fourth-order valence-electron chi connectivity index (χ4n) is 5.26. The van der Waals surface area contributed by atoms with Gasteiger partial charge in [0.15, 0.2) is 17.1 Å². The van der Waals surface area contributed by atoms with E-state index in [2.05, 4.69) is 26.0 Å². The van der Waals surface area contributed by atoms with Crippen molar-refractivity contribution in [2.45, 2.75) is 57.3 Å². The number of benzene rings is 2. The smallest absolute Gasteiger partial charge is 0.450 e. The summed E-state index contributed by atoms with van der Waals surface area (Å²) in [5, 5.41) is 9.34. The molecule has 1 aliphatic carbocycles. The monoisotopic (exact) mass is 715 g/mol. The summed E-state index contributed by atoms with van der Waals surface area (Å²) in [6.45, 7) is 4.71. The number of methoxy groups -OCH3 is 1. The van der Waals surface area contributed by atoms with Gasteiger partial charge >= 0.3 is 18.3 Å². The van der Waals surface area contributed by atoms with Gasteiger partial charge in [0.2, 0.25) is 5.82 Å². The number of halogens is 8. The van der Waals surface area contributed by atoms with Crippen LogP contribution in [-0.2, 0) is 23.7 Å². The number of ether oxygens (including phenoxy) is 1. The normalized spacial score (nSPS) is 13.9. The Labute approximate surface area is 286 Å². The molecule has 8 nitrogen and oxygen atoms in total. The van der Waals surface area contributed by atoms with Gasteiger partial charge in [-0.1, -0.05) is 38.1 Å². The first kappa shape index (κ1) is 36.7. The Hall–Kier alpha value is -5.59. The van der Waals surface area contributed by atoms with E-state index in [1.165, 1.54) is 50.2 Å². The van der Waals surface area contributed by atoms with E-state index in [4.69, 9.17) is 4.74 Å².